The van der Waals surface area contributed by atoms with Gasteiger partial charge in [-0.1, -0.05) is 331 Å². The quantitative estimate of drug-likeness (QED) is 0.0222. The van der Waals surface area contributed by atoms with Crippen molar-refractivity contribution in [2.75, 3.05) is 39.6 Å². The van der Waals surface area contributed by atoms with Crippen LogP contribution >= 0.6 is 15.6 Å². The van der Waals surface area contributed by atoms with Crippen LogP contribution in [0.5, 0.6) is 0 Å². The van der Waals surface area contributed by atoms with Gasteiger partial charge in [-0.05, 0) is 43.4 Å². The van der Waals surface area contributed by atoms with Gasteiger partial charge in [-0.25, -0.2) is 9.13 Å². The van der Waals surface area contributed by atoms with E-state index in [0.717, 1.165) is 102 Å². The second-order valence-electron chi connectivity index (χ2n) is 28.5. The van der Waals surface area contributed by atoms with Crippen LogP contribution < -0.4 is 0 Å². The summed E-state index contributed by atoms with van der Waals surface area (Å²) in [5.41, 5.74) is 0. The maximum absolute atomic E-state index is 13.1. The molecule has 94 heavy (non-hydrogen) atoms. The van der Waals surface area contributed by atoms with Gasteiger partial charge in [0.05, 0.1) is 26.4 Å². The molecular formula is C75H146O17P2. The molecule has 0 saturated carbocycles. The van der Waals surface area contributed by atoms with Gasteiger partial charge in [-0.2, -0.15) is 0 Å². The molecule has 2 unspecified atom stereocenters. The number of phosphoric ester groups is 2. The minimum Gasteiger partial charge on any atom is -0.462 e. The zero-order chi connectivity index (χ0) is 69.4. The first-order valence-corrected chi connectivity index (χ1v) is 41.8. The summed E-state index contributed by atoms with van der Waals surface area (Å²) in [4.78, 5) is 72.6. The van der Waals surface area contributed by atoms with Crippen LogP contribution in [-0.4, -0.2) is 96.7 Å². The van der Waals surface area contributed by atoms with Gasteiger partial charge in [0, 0.05) is 25.7 Å². The Labute approximate surface area is 575 Å². The molecule has 0 bridgehead atoms. The number of aliphatic hydroxyl groups excluding tert-OH is 1. The van der Waals surface area contributed by atoms with E-state index in [0.29, 0.717) is 37.5 Å². The fourth-order valence-corrected chi connectivity index (χ4v) is 13.0. The maximum atomic E-state index is 13.1. The second-order valence-corrected chi connectivity index (χ2v) is 31.4. The number of carbonyl (C=O) groups excluding carboxylic acids is 4. The molecule has 0 radical (unpaired) electrons. The predicted molar refractivity (Wildman–Crippen MR) is 381 cm³/mol. The number of carbonyl (C=O) groups is 4. The minimum atomic E-state index is -4.96. The third-order valence-electron chi connectivity index (χ3n) is 17.4. The van der Waals surface area contributed by atoms with Crippen molar-refractivity contribution in [3.05, 3.63) is 0 Å². The van der Waals surface area contributed by atoms with E-state index >= 15 is 0 Å². The molecule has 0 rings (SSSR count). The Hall–Kier alpha value is -1.94. The molecule has 0 aliphatic rings. The van der Waals surface area contributed by atoms with Gasteiger partial charge in [0.2, 0.25) is 0 Å². The van der Waals surface area contributed by atoms with Crippen LogP contribution in [-0.2, 0) is 65.4 Å². The van der Waals surface area contributed by atoms with Crippen LogP contribution in [0.15, 0.2) is 0 Å². The molecule has 0 heterocycles. The van der Waals surface area contributed by atoms with E-state index in [9.17, 15) is 43.2 Å². The zero-order valence-corrected chi connectivity index (χ0v) is 63.2. The lowest BCUT2D eigenvalue weighted by Gasteiger charge is -2.21. The van der Waals surface area contributed by atoms with Gasteiger partial charge >= 0.3 is 39.5 Å². The van der Waals surface area contributed by atoms with Crippen molar-refractivity contribution in [3.63, 3.8) is 0 Å². The van der Waals surface area contributed by atoms with E-state index in [2.05, 4.69) is 48.5 Å². The highest BCUT2D eigenvalue weighted by Crippen LogP contribution is 2.45. The highest BCUT2D eigenvalue weighted by molar-refractivity contribution is 7.47. The lowest BCUT2D eigenvalue weighted by atomic mass is 10.0. The largest absolute Gasteiger partial charge is 0.472 e. The average molecular weight is 1380 g/mol. The Morgan fingerprint density at radius 1 is 0.287 bits per heavy atom. The number of hydrogen-bond donors (Lipinski definition) is 3. The summed E-state index contributed by atoms with van der Waals surface area (Å²) in [6.45, 7) is 11.7. The summed E-state index contributed by atoms with van der Waals surface area (Å²) < 4.78 is 68.4. The lowest BCUT2D eigenvalue weighted by Crippen LogP contribution is -2.30. The summed E-state index contributed by atoms with van der Waals surface area (Å²) in [5.74, 6) is 0.0319. The van der Waals surface area contributed by atoms with Crippen molar-refractivity contribution in [3.8, 4) is 0 Å². The molecule has 3 N–H and O–H groups in total. The lowest BCUT2D eigenvalue weighted by molar-refractivity contribution is -0.161. The van der Waals surface area contributed by atoms with E-state index < -0.39 is 97.5 Å². The minimum absolute atomic E-state index is 0.101. The first-order valence-electron chi connectivity index (χ1n) is 38.8. The van der Waals surface area contributed by atoms with E-state index in [1.54, 1.807) is 0 Å². The second kappa shape index (κ2) is 65.7. The Morgan fingerprint density at radius 2 is 0.489 bits per heavy atom. The highest BCUT2D eigenvalue weighted by Gasteiger charge is 2.30. The molecule has 0 fully saturated rings. The van der Waals surface area contributed by atoms with Crippen LogP contribution in [0.25, 0.3) is 0 Å². The predicted octanol–water partition coefficient (Wildman–Crippen LogP) is 21.8. The molecule has 0 spiro atoms. The molecule has 5 atom stereocenters. The number of phosphoric acid groups is 2. The first kappa shape index (κ1) is 92.1. The van der Waals surface area contributed by atoms with Crippen molar-refractivity contribution in [2.24, 2.45) is 17.8 Å². The van der Waals surface area contributed by atoms with Crippen molar-refractivity contribution in [1.29, 1.82) is 0 Å². The first-order chi connectivity index (χ1) is 45.2. The smallest absolute Gasteiger partial charge is 0.462 e. The Kier molecular flexibility index (Phi) is 64.3. The van der Waals surface area contributed by atoms with E-state index in [1.165, 1.54) is 186 Å². The van der Waals surface area contributed by atoms with E-state index in [1.807, 2.05) is 0 Å². The van der Waals surface area contributed by atoms with Crippen molar-refractivity contribution in [2.45, 2.75) is 401 Å². The molecule has 0 amide bonds. The summed E-state index contributed by atoms with van der Waals surface area (Å²) in [5, 5.41) is 10.6. The van der Waals surface area contributed by atoms with Gasteiger partial charge < -0.3 is 33.8 Å². The summed E-state index contributed by atoms with van der Waals surface area (Å²) in [6.07, 6.45) is 51.8. The van der Waals surface area contributed by atoms with Crippen LogP contribution in [0, 0.1) is 17.8 Å². The molecule has 0 aliphatic carbocycles. The fraction of sp³-hybridized carbons (Fsp3) is 0.947. The normalized spacial score (nSPS) is 14.1. The third kappa shape index (κ3) is 68.6. The van der Waals surface area contributed by atoms with Crippen LogP contribution in [0.2, 0.25) is 0 Å². The van der Waals surface area contributed by atoms with Crippen molar-refractivity contribution in [1.82, 2.24) is 0 Å². The van der Waals surface area contributed by atoms with Crippen LogP contribution in [0.4, 0.5) is 0 Å². The Bertz CT molecular complexity index is 1840. The van der Waals surface area contributed by atoms with Crippen molar-refractivity contribution < 1.29 is 80.2 Å². The Balaban J connectivity index is 5.19. The molecule has 0 aromatic rings. The molecule has 558 valence electrons. The molecule has 0 aromatic carbocycles. The van der Waals surface area contributed by atoms with Gasteiger partial charge in [-0.15, -0.1) is 0 Å². The highest BCUT2D eigenvalue weighted by atomic mass is 31.2. The average Bonchev–Trinajstić information content (AvgIpc) is 1.28. The van der Waals surface area contributed by atoms with Gasteiger partial charge in [0.1, 0.15) is 19.3 Å². The number of ether oxygens (including phenoxy) is 4. The number of hydrogen-bond acceptors (Lipinski definition) is 15. The number of rotatable bonds is 73. The third-order valence-corrected chi connectivity index (χ3v) is 19.3. The van der Waals surface area contributed by atoms with Crippen molar-refractivity contribution >= 4 is 39.5 Å². The monoisotopic (exact) mass is 1380 g/mol. The molecule has 19 heteroatoms. The summed E-state index contributed by atoms with van der Waals surface area (Å²) in [7, 11) is -9.91. The molecule has 0 saturated heterocycles. The van der Waals surface area contributed by atoms with Crippen LogP contribution in [0.1, 0.15) is 382 Å². The van der Waals surface area contributed by atoms with Crippen LogP contribution in [0.3, 0.4) is 0 Å². The van der Waals surface area contributed by atoms with E-state index in [-0.39, 0.29) is 25.7 Å². The summed E-state index contributed by atoms with van der Waals surface area (Å²) in [6, 6.07) is 0. The standard InChI is InChI=1S/C75H146O17P2/c1-8-9-10-11-12-13-14-15-16-17-21-24-27-30-33-42-49-56-72(77)85-62-70(91-74(79)58-51-44-34-31-28-25-22-19-18-20-23-26-29-32-39-46-53-66(2)3)64-89-93(81,82)87-60-69(76)61-88-94(83,84)90-65-71(92-75(80)59-52-45-38-36-41-48-55-68(6)7)63-86-73(78)57-50-43-37-35-40-47-54-67(4)5/h66-71,76H,8-65H2,1-7H3,(H,81,82)(H,83,84)/t69-,70-,71-/m1/s1. The van der Waals surface area contributed by atoms with E-state index in [4.69, 9.17) is 37.0 Å². The SMILES string of the molecule is CCCCCCCCCCCCCCCCCCCC(=O)OC[C@H](COP(=O)(O)OC[C@@H](O)COP(=O)(O)OC[C@@H](COC(=O)CCCCCCCCC(C)C)OC(=O)CCCCCCCCC(C)C)OC(=O)CCCCCCCCCCCCCCCCCCC(C)C. The number of esters is 4. The molecule has 0 aliphatic heterocycles. The summed E-state index contributed by atoms with van der Waals surface area (Å²) >= 11 is 0. The number of aliphatic hydroxyl groups is 1. The van der Waals surface area contributed by atoms with Gasteiger partial charge in [0.25, 0.3) is 0 Å². The molecule has 0 aromatic heterocycles. The number of unbranched alkanes of at least 4 members (excludes halogenated alkanes) is 41. The zero-order valence-electron chi connectivity index (χ0n) is 61.4. The van der Waals surface area contributed by atoms with Gasteiger partial charge in [-0.3, -0.25) is 37.3 Å². The molecule has 17 nitrogen and oxygen atoms in total. The van der Waals surface area contributed by atoms with Gasteiger partial charge in [0.15, 0.2) is 12.2 Å². The topological polar surface area (TPSA) is 237 Å². The molecular weight excluding hydrogens is 1230 g/mol. The maximum Gasteiger partial charge on any atom is 0.472 e. The fourth-order valence-electron chi connectivity index (χ4n) is 11.4. The Morgan fingerprint density at radius 3 is 0.723 bits per heavy atom.